The molecule has 5 rings (SSSR count). The first-order valence-electron chi connectivity index (χ1n) is 10.3. The third-order valence-electron chi connectivity index (χ3n) is 5.20. The normalized spacial score (nSPS) is 14.8. The Morgan fingerprint density at radius 2 is 1.91 bits per heavy atom. The molecule has 32 heavy (non-hydrogen) atoms. The van der Waals surface area contributed by atoms with E-state index in [2.05, 4.69) is 23.6 Å². The summed E-state index contributed by atoms with van der Waals surface area (Å²) >= 11 is 1.18. The van der Waals surface area contributed by atoms with Crippen molar-refractivity contribution in [2.75, 3.05) is 18.1 Å². The van der Waals surface area contributed by atoms with Gasteiger partial charge in [0.05, 0.1) is 17.9 Å². The van der Waals surface area contributed by atoms with Gasteiger partial charge in [0.25, 0.3) is 11.5 Å². The molecule has 1 amide bonds. The molecule has 0 saturated carbocycles. The van der Waals surface area contributed by atoms with Crippen LogP contribution in [0.5, 0.6) is 5.75 Å². The van der Waals surface area contributed by atoms with Crippen molar-refractivity contribution in [1.82, 2.24) is 14.6 Å². The van der Waals surface area contributed by atoms with Crippen LogP contribution in [0.2, 0.25) is 0 Å². The zero-order chi connectivity index (χ0) is 22.2. The maximum atomic E-state index is 13.2. The number of carbonyl (C=O) groups excluding carboxylic acids is 1. The predicted octanol–water partition coefficient (Wildman–Crippen LogP) is 3.06. The number of rotatable bonds is 6. The standard InChI is InChI=1S/C24H20N4O3S/c1-3-13-27-18-8-6-5-7-17(18)19(22(27)29)20-23(30)28-24(32-20)25-21(26-28)15-9-11-16(12-10-15)31-14-4-2/h3,5-12H,1,4,13-14H2,2H3. The second-order valence-corrected chi connectivity index (χ2v) is 8.31. The highest BCUT2D eigenvalue weighted by Gasteiger charge is 2.33. The lowest BCUT2D eigenvalue weighted by Crippen LogP contribution is -2.32. The molecule has 0 bridgehead atoms. The van der Waals surface area contributed by atoms with E-state index in [9.17, 15) is 9.59 Å². The van der Waals surface area contributed by atoms with Crippen molar-refractivity contribution >= 4 is 33.5 Å². The van der Waals surface area contributed by atoms with Gasteiger partial charge in [0.15, 0.2) is 5.82 Å². The van der Waals surface area contributed by atoms with Gasteiger partial charge in [-0.1, -0.05) is 42.5 Å². The van der Waals surface area contributed by atoms with Crippen LogP contribution >= 0.6 is 11.3 Å². The van der Waals surface area contributed by atoms with E-state index < -0.39 is 0 Å². The number of fused-ring (bicyclic) bond motifs is 2. The molecule has 0 atom stereocenters. The van der Waals surface area contributed by atoms with Gasteiger partial charge in [-0.05, 0) is 36.8 Å². The summed E-state index contributed by atoms with van der Waals surface area (Å²) in [7, 11) is 0. The fraction of sp³-hybridized carbons (Fsp3) is 0.167. The molecule has 0 unspecified atom stereocenters. The Hall–Kier alpha value is -3.78. The Kier molecular flexibility index (Phi) is 5.07. The van der Waals surface area contributed by atoms with Gasteiger partial charge in [-0.25, -0.2) is 0 Å². The molecule has 7 nitrogen and oxygen atoms in total. The summed E-state index contributed by atoms with van der Waals surface area (Å²) in [5.41, 5.74) is 2.35. The summed E-state index contributed by atoms with van der Waals surface area (Å²) in [6.45, 7) is 6.82. The maximum Gasteiger partial charge on any atom is 0.291 e. The summed E-state index contributed by atoms with van der Waals surface area (Å²) in [5, 5.41) is 4.41. The summed E-state index contributed by atoms with van der Waals surface area (Å²) in [6.07, 6.45) is 2.61. The second-order valence-electron chi connectivity index (χ2n) is 7.34. The lowest BCUT2D eigenvalue weighted by Gasteiger charge is -2.13. The average Bonchev–Trinajstić information content (AvgIpc) is 3.44. The minimum absolute atomic E-state index is 0.212. The van der Waals surface area contributed by atoms with E-state index in [1.54, 1.807) is 11.0 Å². The number of ether oxygens (including phenoxy) is 1. The van der Waals surface area contributed by atoms with Crippen molar-refractivity contribution < 1.29 is 9.53 Å². The molecule has 0 radical (unpaired) electrons. The SMILES string of the molecule is C=CCN1C(=O)C(=c2sc3nc(-c4ccc(OCCC)cc4)nn3c2=O)c2ccccc21. The van der Waals surface area contributed by atoms with Crippen LogP contribution in [0.4, 0.5) is 5.69 Å². The summed E-state index contributed by atoms with van der Waals surface area (Å²) in [5.74, 6) is 1.02. The van der Waals surface area contributed by atoms with E-state index in [1.165, 1.54) is 15.9 Å². The van der Waals surface area contributed by atoms with Gasteiger partial charge in [-0.15, -0.1) is 11.7 Å². The van der Waals surface area contributed by atoms with Gasteiger partial charge in [0.1, 0.15) is 10.3 Å². The molecular formula is C24H20N4O3S. The lowest BCUT2D eigenvalue weighted by molar-refractivity contribution is -0.112. The number of hydrogen-bond donors (Lipinski definition) is 0. The van der Waals surface area contributed by atoms with Crippen molar-refractivity contribution in [2.24, 2.45) is 0 Å². The van der Waals surface area contributed by atoms with E-state index >= 15 is 0 Å². The van der Waals surface area contributed by atoms with Crippen LogP contribution in [0, 0.1) is 0 Å². The van der Waals surface area contributed by atoms with Crippen LogP contribution in [0.25, 0.3) is 21.9 Å². The molecule has 1 aliphatic heterocycles. The monoisotopic (exact) mass is 444 g/mol. The molecule has 0 spiro atoms. The van der Waals surface area contributed by atoms with Crippen molar-refractivity contribution in [3.05, 3.63) is 81.6 Å². The van der Waals surface area contributed by atoms with Crippen LogP contribution in [-0.4, -0.2) is 33.7 Å². The Morgan fingerprint density at radius 3 is 2.62 bits per heavy atom. The van der Waals surface area contributed by atoms with E-state index in [-0.39, 0.29) is 11.5 Å². The van der Waals surface area contributed by atoms with Crippen LogP contribution in [0.3, 0.4) is 0 Å². The van der Waals surface area contributed by atoms with Crippen LogP contribution in [0.1, 0.15) is 18.9 Å². The summed E-state index contributed by atoms with van der Waals surface area (Å²) in [4.78, 5) is 33.0. The quantitative estimate of drug-likeness (QED) is 0.427. The van der Waals surface area contributed by atoms with E-state index in [4.69, 9.17) is 4.74 Å². The third-order valence-corrected chi connectivity index (χ3v) is 6.23. The Morgan fingerprint density at radius 1 is 1.12 bits per heavy atom. The second kappa shape index (κ2) is 8.05. The van der Waals surface area contributed by atoms with Crippen molar-refractivity contribution in [3.8, 4) is 17.1 Å². The molecule has 0 N–H and O–H groups in total. The van der Waals surface area contributed by atoms with Gasteiger partial charge in [0.2, 0.25) is 4.96 Å². The Bertz CT molecular complexity index is 1450. The number of aromatic nitrogens is 3. The molecule has 0 fully saturated rings. The maximum absolute atomic E-state index is 13.2. The number of carbonyl (C=O) groups is 1. The minimum atomic E-state index is -0.342. The fourth-order valence-corrected chi connectivity index (χ4v) is 4.74. The highest BCUT2D eigenvalue weighted by molar-refractivity contribution is 7.15. The Labute approximate surface area is 187 Å². The molecule has 8 heteroatoms. The van der Waals surface area contributed by atoms with Crippen molar-refractivity contribution in [2.45, 2.75) is 13.3 Å². The Balaban J connectivity index is 1.59. The molecule has 4 aromatic rings. The highest BCUT2D eigenvalue weighted by Crippen LogP contribution is 2.35. The van der Waals surface area contributed by atoms with Crippen LogP contribution in [-0.2, 0) is 4.79 Å². The largest absolute Gasteiger partial charge is 0.494 e. The molecule has 0 saturated heterocycles. The summed E-state index contributed by atoms with van der Waals surface area (Å²) < 4.78 is 7.23. The van der Waals surface area contributed by atoms with Gasteiger partial charge < -0.3 is 9.64 Å². The van der Waals surface area contributed by atoms with Crippen LogP contribution in [0.15, 0.2) is 66.0 Å². The number of anilines is 1. The molecule has 3 heterocycles. The number of nitrogens with zero attached hydrogens (tertiary/aromatic N) is 4. The lowest BCUT2D eigenvalue weighted by atomic mass is 10.1. The number of para-hydroxylation sites is 1. The minimum Gasteiger partial charge on any atom is -0.494 e. The molecule has 2 aromatic carbocycles. The first kappa shape index (κ1) is 20.1. The zero-order valence-electron chi connectivity index (χ0n) is 17.4. The first-order chi connectivity index (χ1) is 15.6. The third kappa shape index (κ3) is 3.20. The highest BCUT2D eigenvalue weighted by atomic mass is 32.1. The van der Waals surface area contributed by atoms with E-state index in [0.29, 0.717) is 34.0 Å². The number of hydrogen-bond acceptors (Lipinski definition) is 6. The number of benzene rings is 2. The van der Waals surface area contributed by atoms with Gasteiger partial charge >= 0.3 is 0 Å². The number of amides is 1. The smallest absolute Gasteiger partial charge is 0.291 e. The first-order valence-corrected chi connectivity index (χ1v) is 11.1. The molecule has 160 valence electrons. The molecular weight excluding hydrogens is 424 g/mol. The van der Waals surface area contributed by atoms with E-state index in [1.807, 2.05) is 48.5 Å². The van der Waals surface area contributed by atoms with Crippen LogP contribution < -0.4 is 19.7 Å². The molecule has 1 aliphatic rings. The van der Waals surface area contributed by atoms with Gasteiger partial charge in [-0.3, -0.25) is 9.59 Å². The fourth-order valence-electron chi connectivity index (χ4n) is 3.74. The van der Waals surface area contributed by atoms with Gasteiger partial charge in [-0.2, -0.15) is 9.50 Å². The van der Waals surface area contributed by atoms with E-state index in [0.717, 1.165) is 29.0 Å². The molecule has 2 aromatic heterocycles. The zero-order valence-corrected chi connectivity index (χ0v) is 18.3. The summed E-state index contributed by atoms with van der Waals surface area (Å²) in [6, 6.07) is 14.9. The topological polar surface area (TPSA) is 76.8 Å². The van der Waals surface area contributed by atoms with Crippen molar-refractivity contribution in [1.29, 1.82) is 0 Å². The predicted molar refractivity (Wildman–Crippen MR) is 125 cm³/mol. The molecule has 0 aliphatic carbocycles. The van der Waals surface area contributed by atoms with Crippen molar-refractivity contribution in [3.63, 3.8) is 0 Å². The number of thiazole rings is 1. The van der Waals surface area contributed by atoms with Gasteiger partial charge in [0, 0.05) is 17.7 Å². The average molecular weight is 445 g/mol.